The first-order chi connectivity index (χ1) is 8.16. The molecule has 1 aromatic carbocycles. The molecule has 0 radical (unpaired) electrons. The third-order valence-electron chi connectivity index (χ3n) is 3.53. The Labute approximate surface area is 107 Å². The SMILES string of the molecule is CC(NC1CCCCC1)c1ccc(F)c(Cl)c1. The normalized spacial score (nSPS) is 19.2. The summed E-state index contributed by atoms with van der Waals surface area (Å²) < 4.78 is 13.1. The molecule has 1 aromatic rings. The third kappa shape index (κ3) is 3.43. The molecule has 0 heterocycles. The van der Waals surface area contributed by atoms with E-state index >= 15 is 0 Å². The molecule has 0 spiro atoms. The second-order valence-corrected chi connectivity index (χ2v) is 5.30. The van der Waals surface area contributed by atoms with Crippen molar-refractivity contribution < 1.29 is 4.39 Å². The summed E-state index contributed by atoms with van der Waals surface area (Å²) in [5.74, 6) is -0.347. The summed E-state index contributed by atoms with van der Waals surface area (Å²) in [6.45, 7) is 2.11. The van der Waals surface area contributed by atoms with Gasteiger partial charge in [0.2, 0.25) is 0 Å². The van der Waals surface area contributed by atoms with E-state index in [2.05, 4.69) is 12.2 Å². The van der Waals surface area contributed by atoms with Gasteiger partial charge in [0.1, 0.15) is 5.82 Å². The molecular formula is C14H19ClFN. The maximum Gasteiger partial charge on any atom is 0.141 e. The second kappa shape index (κ2) is 5.83. The van der Waals surface area contributed by atoms with Gasteiger partial charge in [-0.2, -0.15) is 0 Å². The van der Waals surface area contributed by atoms with Gasteiger partial charge in [0, 0.05) is 12.1 Å². The van der Waals surface area contributed by atoms with Crippen LogP contribution in [0.4, 0.5) is 4.39 Å². The van der Waals surface area contributed by atoms with Crippen LogP contribution in [0, 0.1) is 5.82 Å². The smallest absolute Gasteiger partial charge is 0.141 e. The zero-order valence-corrected chi connectivity index (χ0v) is 10.9. The Bertz CT molecular complexity index is 374. The summed E-state index contributed by atoms with van der Waals surface area (Å²) in [6, 6.07) is 5.80. The van der Waals surface area contributed by atoms with Crippen LogP contribution in [0.2, 0.25) is 5.02 Å². The molecule has 1 atom stereocenters. The number of halogens is 2. The molecule has 1 saturated carbocycles. The molecule has 1 N–H and O–H groups in total. The van der Waals surface area contributed by atoms with Gasteiger partial charge in [0.25, 0.3) is 0 Å². The second-order valence-electron chi connectivity index (χ2n) is 4.90. The first-order valence-electron chi connectivity index (χ1n) is 6.38. The van der Waals surface area contributed by atoms with Gasteiger partial charge in [0.15, 0.2) is 0 Å². The van der Waals surface area contributed by atoms with Crippen molar-refractivity contribution in [3.63, 3.8) is 0 Å². The quantitative estimate of drug-likeness (QED) is 0.841. The average molecular weight is 256 g/mol. The van der Waals surface area contributed by atoms with E-state index in [1.165, 1.54) is 38.2 Å². The van der Waals surface area contributed by atoms with Crippen LogP contribution in [0.3, 0.4) is 0 Å². The summed E-state index contributed by atoms with van der Waals surface area (Å²) in [6.07, 6.45) is 6.48. The van der Waals surface area contributed by atoms with E-state index in [9.17, 15) is 4.39 Å². The fourth-order valence-corrected chi connectivity index (χ4v) is 2.69. The van der Waals surface area contributed by atoms with Crippen LogP contribution in [-0.4, -0.2) is 6.04 Å². The van der Waals surface area contributed by atoms with Gasteiger partial charge >= 0.3 is 0 Å². The highest BCUT2D eigenvalue weighted by Crippen LogP contribution is 2.24. The van der Waals surface area contributed by atoms with E-state index in [0.29, 0.717) is 6.04 Å². The molecule has 0 amide bonds. The van der Waals surface area contributed by atoms with Gasteiger partial charge < -0.3 is 5.32 Å². The van der Waals surface area contributed by atoms with Crippen LogP contribution in [0.1, 0.15) is 50.6 Å². The Balaban J connectivity index is 1.98. The minimum absolute atomic E-state index is 0.208. The molecule has 3 heteroatoms. The standard InChI is InChI=1S/C14H19ClFN/c1-10(17-12-5-3-2-4-6-12)11-7-8-14(16)13(15)9-11/h7-10,12,17H,2-6H2,1H3. The molecular weight excluding hydrogens is 237 g/mol. The van der Waals surface area contributed by atoms with Gasteiger partial charge in [-0.15, -0.1) is 0 Å². The topological polar surface area (TPSA) is 12.0 Å². The fraction of sp³-hybridized carbons (Fsp3) is 0.571. The number of hydrogen-bond donors (Lipinski definition) is 1. The van der Waals surface area contributed by atoms with Gasteiger partial charge in [-0.1, -0.05) is 36.9 Å². The minimum Gasteiger partial charge on any atom is -0.307 e. The predicted molar refractivity (Wildman–Crippen MR) is 69.8 cm³/mol. The molecule has 0 saturated heterocycles. The van der Waals surface area contributed by atoms with E-state index in [1.54, 1.807) is 6.07 Å². The number of hydrogen-bond acceptors (Lipinski definition) is 1. The van der Waals surface area contributed by atoms with Gasteiger partial charge in [-0.25, -0.2) is 4.39 Å². The van der Waals surface area contributed by atoms with Crippen molar-refractivity contribution in [1.29, 1.82) is 0 Å². The highest BCUT2D eigenvalue weighted by molar-refractivity contribution is 6.30. The van der Waals surface area contributed by atoms with Crippen molar-refractivity contribution in [3.05, 3.63) is 34.6 Å². The van der Waals surface area contributed by atoms with Gasteiger partial charge in [-0.05, 0) is 37.5 Å². The highest BCUT2D eigenvalue weighted by atomic mass is 35.5. The number of nitrogens with one attached hydrogen (secondary N) is 1. The molecule has 0 aromatic heterocycles. The van der Waals surface area contributed by atoms with Crippen molar-refractivity contribution in [1.82, 2.24) is 5.32 Å². The van der Waals surface area contributed by atoms with Crippen molar-refractivity contribution in [3.8, 4) is 0 Å². The van der Waals surface area contributed by atoms with Crippen molar-refractivity contribution in [2.75, 3.05) is 0 Å². The van der Waals surface area contributed by atoms with Crippen LogP contribution in [0.5, 0.6) is 0 Å². The molecule has 17 heavy (non-hydrogen) atoms. The Hall–Kier alpha value is -0.600. The first-order valence-corrected chi connectivity index (χ1v) is 6.75. The van der Waals surface area contributed by atoms with E-state index < -0.39 is 0 Å². The monoisotopic (exact) mass is 255 g/mol. The van der Waals surface area contributed by atoms with Crippen molar-refractivity contribution in [2.45, 2.75) is 51.1 Å². The summed E-state index contributed by atoms with van der Waals surface area (Å²) in [5.41, 5.74) is 1.06. The van der Waals surface area contributed by atoms with Gasteiger partial charge in [-0.3, -0.25) is 0 Å². The maximum absolute atomic E-state index is 13.1. The Morgan fingerprint density at radius 1 is 1.29 bits per heavy atom. The zero-order valence-electron chi connectivity index (χ0n) is 10.2. The lowest BCUT2D eigenvalue weighted by Gasteiger charge is -2.27. The molecule has 1 aliphatic carbocycles. The summed E-state index contributed by atoms with van der Waals surface area (Å²) in [5, 5.41) is 3.81. The summed E-state index contributed by atoms with van der Waals surface area (Å²) >= 11 is 5.80. The number of rotatable bonds is 3. The number of benzene rings is 1. The van der Waals surface area contributed by atoms with Crippen molar-refractivity contribution in [2.24, 2.45) is 0 Å². The zero-order chi connectivity index (χ0) is 12.3. The van der Waals surface area contributed by atoms with E-state index in [0.717, 1.165) is 5.56 Å². The molecule has 1 fully saturated rings. The Morgan fingerprint density at radius 3 is 2.65 bits per heavy atom. The molecule has 94 valence electrons. The lowest BCUT2D eigenvalue weighted by molar-refractivity contribution is 0.347. The Kier molecular flexibility index (Phi) is 4.41. The Morgan fingerprint density at radius 2 is 2.00 bits per heavy atom. The molecule has 1 unspecified atom stereocenters. The molecule has 1 aliphatic rings. The van der Waals surface area contributed by atoms with Crippen LogP contribution >= 0.6 is 11.6 Å². The van der Waals surface area contributed by atoms with Crippen LogP contribution in [-0.2, 0) is 0 Å². The van der Waals surface area contributed by atoms with E-state index in [-0.39, 0.29) is 16.9 Å². The lowest BCUT2D eigenvalue weighted by atomic mass is 9.94. The molecule has 0 bridgehead atoms. The molecule has 1 nitrogen and oxygen atoms in total. The minimum atomic E-state index is -0.347. The van der Waals surface area contributed by atoms with E-state index in [1.807, 2.05) is 6.07 Å². The largest absolute Gasteiger partial charge is 0.307 e. The molecule has 0 aliphatic heterocycles. The predicted octanol–water partition coefficient (Wildman–Crippen LogP) is 4.46. The lowest BCUT2D eigenvalue weighted by Crippen LogP contribution is -2.33. The summed E-state index contributed by atoms with van der Waals surface area (Å²) in [4.78, 5) is 0. The maximum atomic E-state index is 13.1. The van der Waals surface area contributed by atoms with Gasteiger partial charge in [0.05, 0.1) is 5.02 Å². The van der Waals surface area contributed by atoms with Crippen LogP contribution in [0.15, 0.2) is 18.2 Å². The molecule has 2 rings (SSSR count). The van der Waals surface area contributed by atoms with Crippen LogP contribution in [0.25, 0.3) is 0 Å². The van der Waals surface area contributed by atoms with Crippen LogP contribution < -0.4 is 5.32 Å². The van der Waals surface area contributed by atoms with E-state index in [4.69, 9.17) is 11.6 Å². The fourth-order valence-electron chi connectivity index (χ4n) is 2.50. The summed E-state index contributed by atoms with van der Waals surface area (Å²) in [7, 11) is 0. The highest BCUT2D eigenvalue weighted by Gasteiger charge is 2.16. The third-order valence-corrected chi connectivity index (χ3v) is 3.82. The first kappa shape index (κ1) is 12.8. The van der Waals surface area contributed by atoms with Crippen molar-refractivity contribution >= 4 is 11.6 Å². The average Bonchev–Trinajstić information content (AvgIpc) is 2.34.